The Morgan fingerprint density at radius 1 is 1.38 bits per heavy atom. The summed E-state index contributed by atoms with van der Waals surface area (Å²) in [7, 11) is 1.44. The number of ether oxygens (including phenoxy) is 1. The van der Waals surface area contributed by atoms with Crippen LogP contribution in [-0.4, -0.2) is 45.8 Å². The zero-order chi connectivity index (χ0) is 15.4. The average Bonchev–Trinajstić information content (AvgIpc) is 2.47. The lowest BCUT2D eigenvalue weighted by atomic mass is 10.0. The van der Waals surface area contributed by atoms with Crippen LogP contribution in [0.2, 0.25) is 0 Å². The Bertz CT molecular complexity index is 596. The van der Waals surface area contributed by atoms with Crippen molar-refractivity contribution in [1.82, 2.24) is 14.7 Å². The number of piperidine rings is 1. The van der Waals surface area contributed by atoms with E-state index in [9.17, 15) is 14.4 Å². The van der Waals surface area contributed by atoms with Gasteiger partial charge in [0, 0.05) is 25.7 Å². The molecule has 1 aliphatic rings. The number of nitrogens with zero attached hydrogens (tertiary/aromatic N) is 3. The Labute approximate surface area is 122 Å². The predicted octanol–water partition coefficient (Wildman–Crippen LogP) is 0.338. The molecule has 0 bridgehead atoms. The van der Waals surface area contributed by atoms with Gasteiger partial charge >= 0.3 is 5.97 Å². The summed E-state index contributed by atoms with van der Waals surface area (Å²) in [6.45, 7) is 2.40. The molecule has 2 rings (SSSR count). The maximum Gasteiger partial charge on any atom is 0.359 e. The molecule has 0 N–H and O–H groups in total. The van der Waals surface area contributed by atoms with Gasteiger partial charge in [0.05, 0.1) is 0 Å². The summed E-state index contributed by atoms with van der Waals surface area (Å²) in [6, 6.07) is 2.71. The zero-order valence-electron chi connectivity index (χ0n) is 12.2. The number of aryl methyl sites for hydroxylation is 1. The molecule has 0 spiro atoms. The SMILES string of the molecule is CC1CCCCN1C(=O)COC(=O)c1ccc(=O)n(C)n1. The van der Waals surface area contributed by atoms with Crippen LogP contribution in [0.5, 0.6) is 0 Å². The number of amides is 1. The highest BCUT2D eigenvalue weighted by molar-refractivity contribution is 5.89. The summed E-state index contributed by atoms with van der Waals surface area (Å²) in [5, 5.41) is 3.78. The predicted molar refractivity (Wildman–Crippen MR) is 74.8 cm³/mol. The Hall–Kier alpha value is -2.18. The summed E-state index contributed by atoms with van der Waals surface area (Å²) in [5.74, 6) is -0.899. The Morgan fingerprint density at radius 3 is 2.81 bits per heavy atom. The fourth-order valence-corrected chi connectivity index (χ4v) is 2.36. The fourth-order valence-electron chi connectivity index (χ4n) is 2.36. The van der Waals surface area contributed by atoms with E-state index >= 15 is 0 Å². The van der Waals surface area contributed by atoms with Crippen LogP contribution in [0.4, 0.5) is 0 Å². The second-order valence-electron chi connectivity index (χ2n) is 5.19. The Balaban J connectivity index is 1.92. The molecule has 1 aromatic rings. The molecule has 1 aromatic heterocycles. The van der Waals surface area contributed by atoms with Crippen molar-refractivity contribution in [3.8, 4) is 0 Å². The molecule has 7 heteroatoms. The number of aromatic nitrogens is 2. The molecule has 7 nitrogen and oxygen atoms in total. The average molecular weight is 293 g/mol. The molecule has 21 heavy (non-hydrogen) atoms. The number of esters is 1. The van der Waals surface area contributed by atoms with Gasteiger partial charge in [-0.05, 0) is 32.3 Å². The molecule has 1 fully saturated rings. The van der Waals surface area contributed by atoms with Crippen molar-refractivity contribution >= 4 is 11.9 Å². The summed E-state index contributed by atoms with van der Waals surface area (Å²) < 4.78 is 6.03. The molecule has 1 atom stereocenters. The van der Waals surface area contributed by atoms with E-state index in [-0.39, 0.29) is 29.8 Å². The van der Waals surface area contributed by atoms with Crippen LogP contribution in [0.3, 0.4) is 0 Å². The summed E-state index contributed by atoms with van der Waals surface area (Å²) in [4.78, 5) is 36.8. The largest absolute Gasteiger partial charge is 0.451 e. The van der Waals surface area contributed by atoms with Gasteiger partial charge in [0.1, 0.15) is 0 Å². The van der Waals surface area contributed by atoms with Gasteiger partial charge in [0.2, 0.25) is 0 Å². The summed E-state index contributed by atoms with van der Waals surface area (Å²) >= 11 is 0. The first-order valence-electron chi connectivity index (χ1n) is 7.00. The molecule has 1 unspecified atom stereocenters. The lowest BCUT2D eigenvalue weighted by molar-refractivity contribution is -0.137. The summed E-state index contributed by atoms with van der Waals surface area (Å²) in [6.07, 6.45) is 3.07. The van der Waals surface area contributed by atoms with Crippen molar-refractivity contribution in [1.29, 1.82) is 0 Å². The molecule has 1 amide bonds. The normalized spacial score (nSPS) is 18.4. The quantitative estimate of drug-likeness (QED) is 0.751. The van der Waals surface area contributed by atoms with Crippen LogP contribution < -0.4 is 5.56 Å². The third kappa shape index (κ3) is 3.68. The van der Waals surface area contributed by atoms with Gasteiger partial charge in [-0.1, -0.05) is 0 Å². The molecular weight excluding hydrogens is 274 g/mol. The monoisotopic (exact) mass is 293 g/mol. The molecule has 2 heterocycles. The Kier molecular flexibility index (Phi) is 4.72. The zero-order valence-corrected chi connectivity index (χ0v) is 12.2. The molecule has 0 aromatic carbocycles. The number of hydrogen-bond donors (Lipinski definition) is 0. The minimum atomic E-state index is -0.705. The second-order valence-corrected chi connectivity index (χ2v) is 5.19. The number of rotatable bonds is 3. The van der Waals surface area contributed by atoms with Crippen molar-refractivity contribution < 1.29 is 14.3 Å². The highest BCUT2D eigenvalue weighted by atomic mass is 16.5. The van der Waals surface area contributed by atoms with Crippen molar-refractivity contribution in [2.45, 2.75) is 32.2 Å². The van der Waals surface area contributed by atoms with Crippen molar-refractivity contribution in [3.63, 3.8) is 0 Å². The first-order chi connectivity index (χ1) is 9.99. The van der Waals surface area contributed by atoms with Gasteiger partial charge in [0.15, 0.2) is 12.3 Å². The van der Waals surface area contributed by atoms with Gasteiger partial charge in [0.25, 0.3) is 11.5 Å². The summed E-state index contributed by atoms with van der Waals surface area (Å²) in [5.41, 5.74) is -0.304. The van der Waals surface area contributed by atoms with Gasteiger partial charge in [-0.2, -0.15) is 5.10 Å². The standard InChI is InChI=1S/C14H19N3O4/c1-10-5-3-4-8-17(10)13(19)9-21-14(20)11-6-7-12(18)16(2)15-11/h6-7,10H,3-5,8-9H2,1-2H3. The third-order valence-corrected chi connectivity index (χ3v) is 3.62. The van der Waals surface area contributed by atoms with Crippen LogP contribution in [0.1, 0.15) is 36.7 Å². The lowest BCUT2D eigenvalue weighted by Crippen LogP contribution is -2.44. The topological polar surface area (TPSA) is 81.5 Å². The van der Waals surface area contributed by atoms with E-state index in [2.05, 4.69) is 5.10 Å². The molecule has 0 aliphatic carbocycles. The smallest absolute Gasteiger partial charge is 0.359 e. The number of carbonyl (C=O) groups excluding carboxylic acids is 2. The van der Waals surface area contributed by atoms with Crippen LogP contribution in [-0.2, 0) is 16.6 Å². The fraction of sp³-hybridized carbons (Fsp3) is 0.571. The van der Waals surface area contributed by atoms with E-state index in [0.29, 0.717) is 6.54 Å². The highest BCUT2D eigenvalue weighted by Gasteiger charge is 2.24. The van der Waals surface area contributed by atoms with E-state index in [4.69, 9.17) is 4.74 Å². The maximum atomic E-state index is 12.0. The van der Waals surface area contributed by atoms with E-state index in [1.807, 2.05) is 6.92 Å². The highest BCUT2D eigenvalue weighted by Crippen LogP contribution is 2.16. The number of likely N-dealkylation sites (tertiary alicyclic amines) is 1. The van der Waals surface area contributed by atoms with E-state index < -0.39 is 5.97 Å². The van der Waals surface area contributed by atoms with Crippen molar-refractivity contribution in [3.05, 3.63) is 28.2 Å². The van der Waals surface area contributed by atoms with Crippen LogP contribution in [0.15, 0.2) is 16.9 Å². The molecule has 1 saturated heterocycles. The number of carbonyl (C=O) groups is 2. The van der Waals surface area contributed by atoms with Gasteiger partial charge in [-0.15, -0.1) is 0 Å². The molecule has 114 valence electrons. The molecule has 1 aliphatic heterocycles. The molecule has 0 radical (unpaired) electrons. The first kappa shape index (κ1) is 15.2. The van der Waals surface area contributed by atoms with Gasteiger partial charge in [-0.3, -0.25) is 9.59 Å². The van der Waals surface area contributed by atoms with Crippen LogP contribution in [0.25, 0.3) is 0 Å². The van der Waals surface area contributed by atoms with Crippen LogP contribution >= 0.6 is 0 Å². The van der Waals surface area contributed by atoms with Crippen LogP contribution in [0, 0.1) is 0 Å². The minimum absolute atomic E-state index is 0.0107. The van der Waals surface area contributed by atoms with E-state index in [1.165, 1.54) is 19.2 Å². The van der Waals surface area contributed by atoms with Gasteiger partial charge < -0.3 is 9.64 Å². The molecule has 0 saturated carbocycles. The lowest BCUT2D eigenvalue weighted by Gasteiger charge is -2.33. The van der Waals surface area contributed by atoms with E-state index in [1.54, 1.807) is 4.90 Å². The van der Waals surface area contributed by atoms with Crippen molar-refractivity contribution in [2.75, 3.05) is 13.2 Å². The van der Waals surface area contributed by atoms with Crippen molar-refractivity contribution in [2.24, 2.45) is 7.05 Å². The van der Waals surface area contributed by atoms with E-state index in [0.717, 1.165) is 23.9 Å². The second kappa shape index (κ2) is 6.51. The number of hydrogen-bond acceptors (Lipinski definition) is 5. The first-order valence-corrected chi connectivity index (χ1v) is 7.00. The molecular formula is C14H19N3O4. The Morgan fingerprint density at radius 2 is 2.14 bits per heavy atom. The maximum absolute atomic E-state index is 12.0. The minimum Gasteiger partial charge on any atom is -0.451 e. The van der Waals surface area contributed by atoms with Gasteiger partial charge in [-0.25, -0.2) is 9.48 Å². The third-order valence-electron chi connectivity index (χ3n) is 3.62.